The van der Waals surface area contributed by atoms with E-state index in [1.165, 1.54) is 0 Å². The zero-order chi connectivity index (χ0) is 15.1. The van der Waals surface area contributed by atoms with Crippen molar-refractivity contribution in [1.82, 2.24) is 5.32 Å². The molecule has 0 bridgehead atoms. The number of amidine groups is 1. The summed E-state index contributed by atoms with van der Waals surface area (Å²) in [6, 6.07) is 7.38. The normalized spacial score (nSPS) is 13.1. The van der Waals surface area contributed by atoms with Crippen LogP contribution in [0.15, 0.2) is 29.4 Å². The number of carbonyl (C=O) groups excluding carboxylic acids is 1. The lowest BCUT2D eigenvalue weighted by Crippen LogP contribution is -2.41. The minimum absolute atomic E-state index is 0.0539. The maximum atomic E-state index is 12.1. The van der Waals surface area contributed by atoms with Crippen molar-refractivity contribution in [3.8, 4) is 5.75 Å². The minimum atomic E-state index is -0.641. The number of carbonyl (C=O) groups is 1. The summed E-state index contributed by atoms with van der Waals surface area (Å²) in [6.07, 6.45) is 0. The molecule has 1 aromatic rings. The van der Waals surface area contributed by atoms with Gasteiger partial charge in [-0.3, -0.25) is 4.79 Å². The Morgan fingerprint density at radius 1 is 1.40 bits per heavy atom. The molecule has 0 fully saturated rings. The molecule has 0 aliphatic heterocycles. The van der Waals surface area contributed by atoms with Crippen LogP contribution in [0.25, 0.3) is 0 Å². The molecular formula is C14H21N3O3. The Morgan fingerprint density at radius 3 is 2.45 bits per heavy atom. The van der Waals surface area contributed by atoms with Crippen molar-refractivity contribution in [1.29, 1.82) is 0 Å². The average Bonchev–Trinajstić information content (AvgIpc) is 2.45. The van der Waals surface area contributed by atoms with Gasteiger partial charge in [0.05, 0.1) is 7.11 Å². The van der Waals surface area contributed by atoms with Gasteiger partial charge in [0.2, 0.25) is 5.91 Å². The van der Waals surface area contributed by atoms with Gasteiger partial charge in [0, 0.05) is 6.54 Å². The number of nitrogens with two attached hydrogens (primary N) is 1. The third-order valence-electron chi connectivity index (χ3n) is 3.01. The van der Waals surface area contributed by atoms with Crippen molar-refractivity contribution in [3.05, 3.63) is 29.8 Å². The number of hydrogen-bond donors (Lipinski definition) is 3. The molecule has 6 nitrogen and oxygen atoms in total. The number of ether oxygens (including phenoxy) is 1. The molecule has 1 aromatic carbocycles. The van der Waals surface area contributed by atoms with Gasteiger partial charge in [-0.25, -0.2) is 0 Å². The Hall–Kier alpha value is -2.24. The van der Waals surface area contributed by atoms with E-state index >= 15 is 0 Å². The largest absolute Gasteiger partial charge is 0.497 e. The zero-order valence-electron chi connectivity index (χ0n) is 12.0. The first kappa shape index (κ1) is 15.8. The molecule has 1 amide bonds. The lowest BCUT2D eigenvalue weighted by Gasteiger charge is -2.18. The molecular weight excluding hydrogens is 258 g/mol. The predicted octanol–water partition coefficient (Wildman–Crippen LogP) is 1.33. The van der Waals surface area contributed by atoms with E-state index in [2.05, 4.69) is 10.5 Å². The van der Waals surface area contributed by atoms with Gasteiger partial charge in [-0.2, -0.15) is 0 Å². The monoisotopic (exact) mass is 279 g/mol. The predicted molar refractivity (Wildman–Crippen MR) is 76.6 cm³/mol. The first-order chi connectivity index (χ1) is 9.49. The summed E-state index contributed by atoms with van der Waals surface area (Å²) in [5.74, 6) is -0.268. The number of nitrogens with one attached hydrogen (secondary N) is 1. The van der Waals surface area contributed by atoms with Crippen molar-refractivity contribution in [2.24, 2.45) is 22.7 Å². The van der Waals surface area contributed by atoms with Gasteiger partial charge in [0.15, 0.2) is 5.84 Å². The number of nitrogens with zero attached hydrogens (tertiary/aromatic N) is 1. The topological polar surface area (TPSA) is 96.9 Å². The number of amides is 1. The van der Waals surface area contributed by atoms with Crippen LogP contribution in [0.5, 0.6) is 5.75 Å². The van der Waals surface area contributed by atoms with Crippen LogP contribution in [0.2, 0.25) is 0 Å². The maximum absolute atomic E-state index is 12.1. The van der Waals surface area contributed by atoms with Crippen molar-refractivity contribution in [3.63, 3.8) is 0 Å². The molecule has 6 heteroatoms. The second kappa shape index (κ2) is 7.37. The molecule has 0 aromatic heterocycles. The van der Waals surface area contributed by atoms with Gasteiger partial charge < -0.3 is 21.0 Å². The quantitative estimate of drug-likeness (QED) is 0.317. The molecule has 1 rings (SSSR count). The van der Waals surface area contributed by atoms with E-state index < -0.39 is 5.92 Å². The minimum Gasteiger partial charge on any atom is -0.497 e. The molecule has 1 atom stereocenters. The molecule has 0 saturated carbocycles. The number of oxime groups is 1. The highest BCUT2D eigenvalue weighted by molar-refractivity contribution is 6.02. The standard InChI is InChI=1S/C14H21N3O3/c1-9(2)12(13(15)17-19)14(18)16-8-10-4-6-11(20-3)7-5-10/h4-7,9,12,19H,8H2,1-3H3,(H2,15,17)(H,16,18). The van der Waals surface area contributed by atoms with Crippen LogP contribution < -0.4 is 15.8 Å². The highest BCUT2D eigenvalue weighted by Crippen LogP contribution is 2.13. The van der Waals surface area contributed by atoms with Gasteiger partial charge in [-0.05, 0) is 23.6 Å². The summed E-state index contributed by atoms with van der Waals surface area (Å²) in [5, 5.41) is 14.4. The summed E-state index contributed by atoms with van der Waals surface area (Å²) < 4.78 is 5.06. The Labute approximate surface area is 118 Å². The third-order valence-corrected chi connectivity index (χ3v) is 3.01. The van der Waals surface area contributed by atoms with Crippen LogP contribution in [0.4, 0.5) is 0 Å². The molecule has 110 valence electrons. The number of methoxy groups -OCH3 is 1. The molecule has 4 N–H and O–H groups in total. The lowest BCUT2D eigenvalue weighted by molar-refractivity contribution is -0.124. The molecule has 0 aliphatic carbocycles. The molecule has 0 saturated heterocycles. The van der Waals surface area contributed by atoms with E-state index in [1.807, 2.05) is 38.1 Å². The molecule has 0 heterocycles. The van der Waals surface area contributed by atoms with Crippen LogP contribution in [0, 0.1) is 11.8 Å². The van der Waals surface area contributed by atoms with Crippen molar-refractivity contribution >= 4 is 11.7 Å². The van der Waals surface area contributed by atoms with Crippen LogP contribution >= 0.6 is 0 Å². The molecule has 0 spiro atoms. The number of benzene rings is 1. The van der Waals surface area contributed by atoms with Crippen LogP contribution in [0.3, 0.4) is 0 Å². The van der Waals surface area contributed by atoms with E-state index in [4.69, 9.17) is 15.7 Å². The lowest BCUT2D eigenvalue weighted by atomic mass is 9.94. The molecule has 0 radical (unpaired) electrons. The number of rotatable bonds is 6. The zero-order valence-corrected chi connectivity index (χ0v) is 12.0. The Kier molecular flexibility index (Phi) is 5.83. The first-order valence-corrected chi connectivity index (χ1v) is 6.37. The van der Waals surface area contributed by atoms with Crippen molar-refractivity contribution in [2.75, 3.05) is 7.11 Å². The smallest absolute Gasteiger partial charge is 0.231 e. The van der Waals surface area contributed by atoms with Gasteiger partial charge in [0.1, 0.15) is 11.7 Å². The van der Waals surface area contributed by atoms with Gasteiger partial charge in [-0.15, -0.1) is 0 Å². The van der Waals surface area contributed by atoms with Crippen molar-refractivity contribution < 1.29 is 14.7 Å². The third kappa shape index (κ3) is 4.15. The first-order valence-electron chi connectivity index (χ1n) is 6.37. The fraction of sp³-hybridized carbons (Fsp3) is 0.429. The SMILES string of the molecule is COc1ccc(CNC(=O)C(C(N)=NO)C(C)C)cc1. The molecule has 1 unspecified atom stereocenters. The summed E-state index contributed by atoms with van der Waals surface area (Å²) in [6.45, 7) is 4.07. The summed E-state index contributed by atoms with van der Waals surface area (Å²) in [4.78, 5) is 12.1. The fourth-order valence-electron chi connectivity index (χ4n) is 1.88. The van der Waals surface area contributed by atoms with Crippen LogP contribution in [0.1, 0.15) is 19.4 Å². The van der Waals surface area contributed by atoms with E-state index in [1.54, 1.807) is 7.11 Å². The summed E-state index contributed by atoms with van der Waals surface area (Å²) in [5.41, 5.74) is 6.49. The maximum Gasteiger partial charge on any atom is 0.231 e. The van der Waals surface area contributed by atoms with E-state index in [9.17, 15) is 4.79 Å². The highest BCUT2D eigenvalue weighted by Gasteiger charge is 2.26. The van der Waals surface area contributed by atoms with E-state index in [0.29, 0.717) is 6.54 Å². The Morgan fingerprint density at radius 2 is 2.00 bits per heavy atom. The average molecular weight is 279 g/mol. The summed E-state index contributed by atoms with van der Waals surface area (Å²) >= 11 is 0. The molecule has 20 heavy (non-hydrogen) atoms. The molecule has 0 aliphatic rings. The van der Waals surface area contributed by atoms with Crippen LogP contribution in [-0.2, 0) is 11.3 Å². The second-order valence-corrected chi connectivity index (χ2v) is 4.81. The second-order valence-electron chi connectivity index (χ2n) is 4.81. The van der Waals surface area contributed by atoms with Gasteiger partial charge in [-0.1, -0.05) is 31.1 Å². The summed E-state index contributed by atoms with van der Waals surface area (Å²) in [7, 11) is 1.60. The Bertz CT molecular complexity index is 469. The highest BCUT2D eigenvalue weighted by atomic mass is 16.5. The fourth-order valence-corrected chi connectivity index (χ4v) is 1.88. The van der Waals surface area contributed by atoms with Crippen LogP contribution in [-0.4, -0.2) is 24.1 Å². The van der Waals surface area contributed by atoms with E-state index in [-0.39, 0.29) is 17.7 Å². The number of hydrogen-bond acceptors (Lipinski definition) is 4. The van der Waals surface area contributed by atoms with Crippen molar-refractivity contribution in [2.45, 2.75) is 20.4 Å². The Balaban J connectivity index is 2.64. The van der Waals surface area contributed by atoms with E-state index in [0.717, 1.165) is 11.3 Å². The van der Waals surface area contributed by atoms with Gasteiger partial charge >= 0.3 is 0 Å². The van der Waals surface area contributed by atoms with Gasteiger partial charge in [0.25, 0.3) is 0 Å².